The molecular weight excluding hydrogens is 311 g/mol. The van der Waals surface area contributed by atoms with E-state index in [0.717, 1.165) is 5.56 Å². The lowest BCUT2D eigenvalue weighted by Gasteiger charge is -2.14. The van der Waals surface area contributed by atoms with E-state index in [2.05, 4.69) is 4.74 Å². The Morgan fingerprint density at radius 3 is 2.00 bits per heavy atom. The highest BCUT2D eigenvalue weighted by molar-refractivity contribution is 5.69. The summed E-state index contributed by atoms with van der Waals surface area (Å²) in [6.45, 7) is -0.0830. The van der Waals surface area contributed by atoms with Crippen molar-refractivity contribution in [1.29, 1.82) is 0 Å². The van der Waals surface area contributed by atoms with Crippen LogP contribution in [0.5, 0.6) is 17.2 Å². The Kier molecular flexibility index (Phi) is 5.00. The molecule has 7 heteroatoms. The molecule has 2 rings (SSSR count). The van der Waals surface area contributed by atoms with Gasteiger partial charge in [0.2, 0.25) is 0 Å². The second-order valence-corrected chi connectivity index (χ2v) is 4.68. The van der Waals surface area contributed by atoms with E-state index in [1.54, 1.807) is 24.3 Å². The second kappa shape index (κ2) is 6.78. The fraction of sp³-hybridized carbons (Fsp3) is 0.250. The standard InChI is InChI=1S/C16H16F3NO3/c1-21-13-6-11(7-14(8-13)22-2)10-3-4-15(12(5-10)9-20)23-16(17,18)19/h3-8H,9,20H2,1-2H3. The fourth-order valence-electron chi connectivity index (χ4n) is 2.12. The topological polar surface area (TPSA) is 53.7 Å². The quantitative estimate of drug-likeness (QED) is 0.909. The molecule has 0 spiro atoms. The van der Waals surface area contributed by atoms with Crippen molar-refractivity contribution in [2.45, 2.75) is 12.9 Å². The van der Waals surface area contributed by atoms with Gasteiger partial charge in [-0.05, 0) is 35.4 Å². The minimum atomic E-state index is -4.76. The number of methoxy groups -OCH3 is 2. The second-order valence-electron chi connectivity index (χ2n) is 4.68. The Labute approximate surface area is 131 Å². The average Bonchev–Trinajstić information content (AvgIpc) is 2.53. The van der Waals surface area contributed by atoms with Crippen molar-refractivity contribution in [2.24, 2.45) is 5.73 Å². The van der Waals surface area contributed by atoms with Crippen molar-refractivity contribution < 1.29 is 27.4 Å². The molecule has 0 aliphatic heterocycles. The molecule has 23 heavy (non-hydrogen) atoms. The molecule has 0 unspecified atom stereocenters. The van der Waals surface area contributed by atoms with Gasteiger partial charge in [0.25, 0.3) is 0 Å². The number of halogens is 3. The van der Waals surface area contributed by atoms with E-state index >= 15 is 0 Å². The summed E-state index contributed by atoms with van der Waals surface area (Å²) in [5.41, 5.74) is 7.19. The van der Waals surface area contributed by atoms with Crippen LogP contribution in [0.15, 0.2) is 36.4 Å². The van der Waals surface area contributed by atoms with Crippen molar-refractivity contribution >= 4 is 0 Å². The molecule has 0 saturated heterocycles. The van der Waals surface area contributed by atoms with Crippen molar-refractivity contribution in [1.82, 2.24) is 0 Å². The van der Waals surface area contributed by atoms with E-state index in [9.17, 15) is 13.2 Å². The van der Waals surface area contributed by atoms with Gasteiger partial charge in [-0.25, -0.2) is 0 Å². The van der Waals surface area contributed by atoms with E-state index in [4.69, 9.17) is 15.2 Å². The first-order chi connectivity index (χ1) is 10.9. The number of hydrogen-bond donors (Lipinski definition) is 1. The lowest BCUT2D eigenvalue weighted by atomic mass is 10.0. The van der Waals surface area contributed by atoms with Crippen LogP contribution in [-0.2, 0) is 6.54 Å². The summed E-state index contributed by atoms with van der Waals surface area (Å²) in [6, 6.07) is 9.53. The van der Waals surface area contributed by atoms with Crippen molar-refractivity contribution in [2.75, 3.05) is 14.2 Å². The highest BCUT2D eigenvalue weighted by atomic mass is 19.4. The highest BCUT2D eigenvalue weighted by Crippen LogP contribution is 2.33. The average molecular weight is 327 g/mol. The Morgan fingerprint density at radius 2 is 1.52 bits per heavy atom. The highest BCUT2D eigenvalue weighted by Gasteiger charge is 2.32. The monoisotopic (exact) mass is 327 g/mol. The van der Waals surface area contributed by atoms with Crippen LogP contribution in [0.2, 0.25) is 0 Å². The zero-order chi connectivity index (χ0) is 17.0. The van der Waals surface area contributed by atoms with Gasteiger partial charge >= 0.3 is 6.36 Å². The van der Waals surface area contributed by atoms with E-state index in [-0.39, 0.29) is 17.9 Å². The predicted molar refractivity (Wildman–Crippen MR) is 79.6 cm³/mol. The molecule has 4 nitrogen and oxygen atoms in total. The number of nitrogens with two attached hydrogens (primary N) is 1. The summed E-state index contributed by atoms with van der Waals surface area (Å²) in [6.07, 6.45) is -4.76. The molecule has 2 N–H and O–H groups in total. The summed E-state index contributed by atoms with van der Waals surface area (Å²) in [5, 5.41) is 0. The molecule has 124 valence electrons. The Balaban J connectivity index is 2.45. The van der Waals surface area contributed by atoms with E-state index < -0.39 is 6.36 Å². The van der Waals surface area contributed by atoms with Crippen LogP contribution < -0.4 is 19.9 Å². The van der Waals surface area contributed by atoms with Crippen LogP contribution in [-0.4, -0.2) is 20.6 Å². The molecule has 0 heterocycles. The van der Waals surface area contributed by atoms with Crippen LogP contribution in [0.1, 0.15) is 5.56 Å². The first-order valence-electron chi connectivity index (χ1n) is 6.68. The number of alkyl halides is 3. The molecule has 2 aromatic rings. The normalized spacial score (nSPS) is 11.2. The zero-order valence-corrected chi connectivity index (χ0v) is 12.6. The maximum Gasteiger partial charge on any atom is 0.573 e. The molecular formula is C16H16F3NO3. The lowest BCUT2D eigenvalue weighted by Crippen LogP contribution is -2.18. The van der Waals surface area contributed by atoms with Crippen molar-refractivity contribution in [3.63, 3.8) is 0 Å². The summed E-state index contributed by atoms with van der Waals surface area (Å²) < 4.78 is 51.5. The number of hydrogen-bond acceptors (Lipinski definition) is 4. The first kappa shape index (κ1) is 17.0. The maximum absolute atomic E-state index is 12.4. The minimum Gasteiger partial charge on any atom is -0.497 e. The van der Waals surface area contributed by atoms with E-state index in [0.29, 0.717) is 17.1 Å². The van der Waals surface area contributed by atoms with Gasteiger partial charge in [-0.2, -0.15) is 0 Å². The molecule has 0 saturated carbocycles. The van der Waals surface area contributed by atoms with Gasteiger partial charge in [0.15, 0.2) is 0 Å². The van der Waals surface area contributed by atoms with Crippen LogP contribution in [0.3, 0.4) is 0 Å². The Morgan fingerprint density at radius 1 is 0.913 bits per heavy atom. The third kappa shape index (κ3) is 4.29. The van der Waals surface area contributed by atoms with E-state index in [1.165, 1.54) is 26.4 Å². The maximum atomic E-state index is 12.4. The summed E-state index contributed by atoms with van der Waals surface area (Å²) >= 11 is 0. The van der Waals surface area contributed by atoms with Crippen LogP contribution in [0, 0.1) is 0 Å². The minimum absolute atomic E-state index is 0.0830. The molecule has 0 bridgehead atoms. The molecule has 0 fully saturated rings. The molecule has 2 aromatic carbocycles. The van der Waals surface area contributed by atoms with Crippen LogP contribution >= 0.6 is 0 Å². The molecule has 0 aliphatic rings. The predicted octanol–water partition coefficient (Wildman–Crippen LogP) is 3.73. The van der Waals surface area contributed by atoms with E-state index in [1.807, 2.05) is 0 Å². The lowest BCUT2D eigenvalue weighted by molar-refractivity contribution is -0.274. The van der Waals surface area contributed by atoms with Gasteiger partial charge in [-0.15, -0.1) is 13.2 Å². The summed E-state index contributed by atoms with van der Waals surface area (Å²) in [7, 11) is 3.04. The van der Waals surface area contributed by atoms with Gasteiger partial charge in [0.05, 0.1) is 14.2 Å². The van der Waals surface area contributed by atoms with Crippen LogP contribution in [0.4, 0.5) is 13.2 Å². The largest absolute Gasteiger partial charge is 0.573 e. The number of rotatable bonds is 5. The molecule has 0 radical (unpaired) electrons. The number of ether oxygens (including phenoxy) is 3. The SMILES string of the molecule is COc1cc(OC)cc(-c2ccc(OC(F)(F)F)c(CN)c2)c1. The van der Waals surface area contributed by atoms with Gasteiger partial charge in [-0.1, -0.05) is 6.07 Å². The third-order valence-corrected chi connectivity index (χ3v) is 3.19. The van der Waals surface area contributed by atoms with Gasteiger partial charge in [-0.3, -0.25) is 0 Å². The van der Waals surface area contributed by atoms with Crippen molar-refractivity contribution in [3.8, 4) is 28.4 Å². The van der Waals surface area contributed by atoms with Gasteiger partial charge < -0.3 is 19.9 Å². The summed E-state index contributed by atoms with van der Waals surface area (Å²) in [4.78, 5) is 0. The zero-order valence-electron chi connectivity index (χ0n) is 12.6. The molecule has 0 amide bonds. The first-order valence-corrected chi connectivity index (χ1v) is 6.68. The summed E-state index contributed by atoms with van der Waals surface area (Å²) in [5.74, 6) is 0.840. The molecule has 0 aromatic heterocycles. The van der Waals surface area contributed by atoms with Crippen LogP contribution in [0.25, 0.3) is 11.1 Å². The third-order valence-electron chi connectivity index (χ3n) is 3.19. The number of benzene rings is 2. The smallest absolute Gasteiger partial charge is 0.497 e. The Hall–Kier alpha value is -2.41. The van der Waals surface area contributed by atoms with Gasteiger partial charge in [0, 0.05) is 18.2 Å². The Bertz CT molecular complexity index is 665. The molecule has 0 atom stereocenters. The molecule has 0 aliphatic carbocycles. The fourth-order valence-corrected chi connectivity index (χ4v) is 2.12. The van der Waals surface area contributed by atoms with Crippen molar-refractivity contribution in [3.05, 3.63) is 42.0 Å². The van der Waals surface area contributed by atoms with Gasteiger partial charge in [0.1, 0.15) is 17.2 Å².